The highest BCUT2D eigenvalue weighted by Gasteiger charge is 2.18. The summed E-state index contributed by atoms with van der Waals surface area (Å²) in [6.07, 6.45) is 2.91. The molecule has 21 heavy (non-hydrogen) atoms. The maximum Gasteiger partial charge on any atom is 0.161 e. The van der Waals surface area contributed by atoms with E-state index in [-0.39, 0.29) is 0 Å². The number of benzene rings is 1. The lowest BCUT2D eigenvalue weighted by Crippen LogP contribution is -2.08. The lowest BCUT2D eigenvalue weighted by molar-refractivity contribution is 0.210. The van der Waals surface area contributed by atoms with Gasteiger partial charge in [-0.1, -0.05) is 13.0 Å². The van der Waals surface area contributed by atoms with E-state index in [0.29, 0.717) is 11.5 Å². The minimum absolute atomic E-state index is 0.602. The number of imidazole rings is 1. The van der Waals surface area contributed by atoms with Crippen LogP contribution < -0.4 is 9.47 Å². The Hall–Kier alpha value is -2.01. The number of hydrogen-bond donors (Lipinski definition) is 1. The van der Waals surface area contributed by atoms with Gasteiger partial charge in [0.25, 0.3) is 0 Å². The summed E-state index contributed by atoms with van der Waals surface area (Å²) in [4.78, 5) is 4.38. The lowest BCUT2D eigenvalue weighted by atomic mass is 10.1. The Morgan fingerprint density at radius 3 is 2.57 bits per heavy atom. The second-order valence-corrected chi connectivity index (χ2v) is 4.93. The van der Waals surface area contributed by atoms with E-state index in [1.165, 1.54) is 0 Å². The molecular weight excluding hydrogens is 268 g/mol. The fourth-order valence-corrected chi connectivity index (χ4v) is 2.37. The van der Waals surface area contributed by atoms with Gasteiger partial charge in [-0.3, -0.25) is 0 Å². The fraction of sp³-hybridized carbons (Fsp3) is 0.438. The number of rotatable bonds is 6. The zero-order valence-corrected chi connectivity index (χ0v) is 13.0. The quantitative estimate of drug-likeness (QED) is 0.888. The molecule has 0 unspecified atom stereocenters. The van der Waals surface area contributed by atoms with Crippen molar-refractivity contribution in [2.24, 2.45) is 7.05 Å². The highest BCUT2D eigenvalue weighted by Crippen LogP contribution is 2.32. The first-order valence-corrected chi connectivity index (χ1v) is 7.02. The van der Waals surface area contributed by atoms with E-state index in [1.54, 1.807) is 32.5 Å². The van der Waals surface area contributed by atoms with Gasteiger partial charge in [0.15, 0.2) is 11.5 Å². The molecule has 5 heteroatoms. The zero-order chi connectivity index (χ0) is 15.4. The highest BCUT2D eigenvalue weighted by atomic mass is 16.5. The first-order chi connectivity index (χ1) is 10.1. The van der Waals surface area contributed by atoms with Crippen LogP contribution in [0.15, 0.2) is 24.4 Å². The van der Waals surface area contributed by atoms with Gasteiger partial charge in [-0.2, -0.15) is 0 Å². The van der Waals surface area contributed by atoms with Crippen molar-refractivity contribution in [3.63, 3.8) is 0 Å². The molecule has 1 aromatic heterocycles. The number of aromatic nitrogens is 2. The van der Waals surface area contributed by atoms with Crippen LogP contribution in [0.1, 0.15) is 36.5 Å². The molecule has 5 nitrogen and oxygen atoms in total. The van der Waals surface area contributed by atoms with Crippen LogP contribution in [0.3, 0.4) is 0 Å². The Kier molecular flexibility index (Phi) is 4.85. The molecule has 0 radical (unpaired) electrons. The second-order valence-electron chi connectivity index (χ2n) is 4.93. The molecule has 0 saturated carbocycles. The van der Waals surface area contributed by atoms with E-state index >= 15 is 0 Å². The summed E-state index contributed by atoms with van der Waals surface area (Å²) in [7, 11) is 5.10. The van der Waals surface area contributed by atoms with Crippen molar-refractivity contribution in [1.29, 1.82) is 0 Å². The molecule has 0 saturated heterocycles. The fourth-order valence-electron chi connectivity index (χ4n) is 2.37. The van der Waals surface area contributed by atoms with E-state index in [9.17, 15) is 5.11 Å². The molecule has 2 aromatic rings. The SMILES string of the molecule is CCCc1ncc([C@H](O)c2ccc(OC)c(OC)c2)n1C. The number of aryl methyl sites for hydroxylation is 1. The van der Waals surface area contributed by atoms with Crippen molar-refractivity contribution in [3.8, 4) is 11.5 Å². The molecule has 1 N–H and O–H groups in total. The van der Waals surface area contributed by atoms with E-state index in [0.717, 1.165) is 29.9 Å². The van der Waals surface area contributed by atoms with Crippen LogP contribution in [-0.4, -0.2) is 28.9 Å². The predicted octanol–water partition coefficient (Wildman–Crippen LogP) is 2.47. The van der Waals surface area contributed by atoms with Gasteiger partial charge in [0.2, 0.25) is 0 Å². The Labute approximate surface area is 125 Å². The molecule has 0 bridgehead atoms. The van der Waals surface area contributed by atoms with Crippen molar-refractivity contribution in [1.82, 2.24) is 9.55 Å². The van der Waals surface area contributed by atoms with Crippen molar-refractivity contribution >= 4 is 0 Å². The van der Waals surface area contributed by atoms with E-state index in [1.807, 2.05) is 17.7 Å². The van der Waals surface area contributed by atoms with Gasteiger partial charge in [-0.25, -0.2) is 4.98 Å². The molecule has 1 aromatic carbocycles. The minimum atomic E-state index is -0.743. The number of nitrogens with zero attached hydrogens (tertiary/aromatic N) is 2. The molecule has 0 amide bonds. The highest BCUT2D eigenvalue weighted by molar-refractivity contribution is 5.44. The average Bonchev–Trinajstić information content (AvgIpc) is 2.87. The molecule has 0 spiro atoms. The maximum absolute atomic E-state index is 10.6. The Morgan fingerprint density at radius 2 is 1.95 bits per heavy atom. The van der Waals surface area contributed by atoms with Gasteiger partial charge in [0.05, 0.1) is 26.1 Å². The van der Waals surface area contributed by atoms with Crippen LogP contribution in [0.25, 0.3) is 0 Å². The first kappa shape index (κ1) is 15.4. The summed E-state index contributed by atoms with van der Waals surface area (Å²) in [5, 5.41) is 10.6. The van der Waals surface area contributed by atoms with Gasteiger partial charge < -0.3 is 19.1 Å². The third-order valence-electron chi connectivity index (χ3n) is 3.60. The number of ether oxygens (including phenoxy) is 2. The molecule has 0 aliphatic rings. The van der Waals surface area contributed by atoms with E-state index in [2.05, 4.69) is 11.9 Å². The van der Waals surface area contributed by atoms with Gasteiger partial charge in [-0.05, 0) is 24.1 Å². The standard InChI is InChI=1S/C16H22N2O3/c1-5-6-15-17-10-12(18(15)2)16(19)11-7-8-13(20-3)14(9-11)21-4/h7-10,16,19H,5-6H2,1-4H3/t16-/m1/s1. The summed E-state index contributed by atoms with van der Waals surface area (Å²) in [6.45, 7) is 2.11. The lowest BCUT2D eigenvalue weighted by Gasteiger charge is -2.15. The third-order valence-corrected chi connectivity index (χ3v) is 3.60. The van der Waals surface area contributed by atoms with Crippen molar-refractivity contribution in [2.75, 3.05) is 14.2 Å². The van der Waals surface area contributed by atoms with Crippen LogP contribution >= 0.6 is 0 Å². The monoisotopic (exact) mass is 290 g/mol. The van der Waals surface area contributed by atoms with Crippen LogP contribution in [0, 0.1) is 0 Å². The number of methoxy groups -OCH3 is 2. The molecule has 0 aliphatic heterocycles. The van der Waals surface area contributed by atoms with Crippen LogP contribution in [0.5, 0.6) is 11.5 Å². The zero-order valence-electron chi connectivity index (χ0n) is 13.0. The number of aliphatic hydroxyl groups is 1. The summed E-state index contributed by atoms with van der Waals surface area (Å²) in [5.74, 6) is 2.22. The average molecular weight is 290 g/mol. The van der Waals surface area contributed by atoms with Crippen molar-refractivity contribution < 1.29 is 14.6 Å². The van der Waals surface area contributed by atoms with Gasteiger partial charge in [0, 0.05) is 13.5 Å². The molecule has 2 rings (SSSR count). The molecule has 1 heterocycles. The normalized spacial score (nSPS) is 12.2. The van der Waals surface area contributed by atoms with Crippen molar-refractivity contribution in [3.05, 3.63) is 41.5 Å². The predicted molar refractivity (Wildman–Crippen MR) is 80.8 cm³/mol. The molecule has 0 aliphatic carbocycles. The Morgan fingerprint density at radius 1 is 1.24 bits per heavy atom. The minimum Gasteiger partial charge on any atom is -0.493 e. The summed E-state index contributed by atoms with van der Waals surface area (Å²) >= 11 is 0. The molecule has 1 atom stereocenters. The largest absolute Gasteiger partial charge is 0.493 e. The maximum atomic E-state index is 10.6. The van der Waals surface area contributed by atoms with Gasteiger partial charge >= 0.3 is 0 Å². The Balaban J connectivity index is 2.33. The van der Waals surface area contributed by atoms with Crippen molar-refractivity contribution in [2.45, 2.75) is 25.9 Å². The van der Waals surface area contributed by atoms with E-state index in [4.69, 9.17) is 9.47 Å². The number of hydrogen-bond acceptors (Lipinski definition) is 4. The van der Waals surface area contributed by atoms with Gasteiger partial charge in [-0.15, -0.1) is 0 Å². The van der Waals surface area contributed by atoms with Crippen LogP contribution in [0.2, 0.25) is 0 Å². The topological polar surface area (TPSA) is 56.5 Å². The van der Waals surface area contributed by atoms with E-state index < -0.39 is 6.10 Å². The summed E-state index contributed by atoms with van der Waals surface area (Å²) < 4.78 is 12.4. The third kappa shape index (κ3) is 3.03. The summed E-state index contributed by atoms with van der Waals surface area (Å²) in [6, 6.07) is 5.41. The van der Waals surface area contributed by atoms with Crippen LogP contribution in [0.4, 0.5) is 0 Å². The molecular formula is C16H22N2O3. The second kappa shape index (κ2) is 6.63. The van der Waals surface area contributed by atoms with Crippen LogP contribution in [-0.2, 0) is 13.5 Å². The molecule has 114 valence electrons. The first-order valence-electron chi connectivity index (χ1n) is 7.02. The smallest absolute Gasteiger partial charge is 0.161 e. The Bertz CT molecular complexity index is 608. The molecule has 0 fully saturated rings. The van der Waals surface area contributed by atoms with Gasteiger partial charge in [0.1, 0.15) is 11.9 Å². The summed E-state index contributed by atoms with van der Waals surface area (Å²) in [5.41, 5.74) is 1.52. The number of aliphatic hydroxyl groups excluding tert-OH is 1.